The maximum Gasteiger partial charge on any atom is 0.191 e. The van der Waals surface area contributed by atoms with Gasteiger partial charge in [0.05, 0.1) is 6.54 Å². The van der Waals surface area contributed by atoms with Crippen LogP contribution in [-0.4, -0.2) is 64.4 Å². The molecule has 0 radical (unpaired) electrons. The molecule has 154 valence electrons. The van der Waals surface area contributed by atoms with Crippen LogP contribution in [0.3, 0.4) is 0 Å². The Bertz CT molecular complexity index is 542. The summed E-state index contributed by atoms with van der Waals surface area (Å²) in [7, 11) is 0. The number of hydrogen-bond donors (Lipinski definition) is 2. The number of aliphatic imine (C=N–C) groups is 1. The molecule has 1 unspecified atom stereocenters. The van der Waals surface area contributed by atoms with Gasteiger partial charge < -0.3 is 15.2 Å². The molecule has 1 aromatic rings. The van der Waals surface area contributed by atoms with Crippen molar-refractivity contribution in [2.45, 2.75) is 72.4 Å². The van der Waals surface area contributed by atoms with Crippen molar-refractivity contribution in [1.82, 2.24) is 30.3 Å². The summed E-state index contributed by atoms with van der Waals surface area (Å²) < 4.78 is 2.10. The summed E-state index contributed by atoms with van der Waals surface area (Å²) >= 11 is 0. The van der Waals surface area contributed by atoms with Crippen molar-refractivity contribution >= 4 is 5.96 Å². The molecule has 1 atom stereocenters. The van der Waals surface area contributed by atoms with Crippen LogP contribution in [0.25, 0.3) is 0 Å². The number of nitrogens with zero attached hydrogens (tertiary/aromatic N) is 5. The summed E-state index contributed by atoms with van der Waals surface area (Å²) in [5.74, 6) is 2.67. The largest absolute Gasteiger partial charge is 0.357 e. The standard InChI is InChI=1S/C20H39N7/c1-5-17(6-2)18(26-12-9-10-13-26)15-23-20(21-8-4)22-11-14-27-16-24-25-19(27)7-3/h16-18H,5-15H2,1-4H3,(H2,21,22,23). The quantitative estimate of drug-likeness (QED) is 0.457. The zero-order valence-corrected chi connectivity index (χ0v) is 17.7. The number of rotatable bonds is 11. The molecule has 0 amide bonds. The fourth-order valence-electron chi connectivity index (χ4n) is 4.03. The molecule has 1 aliphatic rings. The highest BCUT2D eigenvalue weighted by molar-refractivity contribution is 5.79. The first-order chi connectivity index (χ1) is 13.2. The van der Waals surface area contributed by atoms with E-state index in [4.69, 9.17) is 4.99 Å². The van der Waals surface area contributed by atoms with E-state index in [0.29, 0.717) is 6.04 Å². The van der Waals surface area contributed by atoms with E-state index < -0.39 is 0 Å². The summed E-state index contributed by atoms with van der Waals surface area (Å²) in [6.07, 6.45) is 7.83. The molecule has 2 heterocycles. The van der Waals surface area contributed by atoms with Crippen LogP contribution in [0.4, 0.5) is 0 Å². The van der Waals surface area contributed by atoms with Crippen LogP contribution in [0.2, 0.25) is 0 Å². The molecule has 27 heavy (non-hydrogen) atoms. The van der Waals surface area contributed by atoms with Crippen molar-refractivity contribution in [2.75, 3.05) is 32.7 Å². The van der Waals surface area contributed by atoms with Crippen LogP contribution in [-0.2, 0) is 13.0 Å². The van der Waals surface area contributed by atoms with Gasteiger partial charge in [0.2, 0.25) is 0 Å². The Morgan fingerprint density at radius 1 is 1.15 bits per heavy atom. The molecule has 0 bridgehead atoms. The summed E-state index contributed by atoms with van der Waals surface area (Å²) in [5, 5.41) is 15.0. The molecule has 0 aliphatic carbocycles. The van der Waals surface area contributed by atoms with Crippen molar-refractivity contribution in [3.05, 3.63) is 12.2 Å². The molecule has 2 rings (SSSR count). The first kappa shape index (κ1) is 21.7. The molecular weight excluding hydrogens is 338 g/mol. The van der Waals surface area contributed by atoms with Crippen molar-refractivity contribution in [3.8, 4) is 0 Å². The van der Waals surface area contributed by atoms with Crippen molar-refractivity contribution in [1.29, 1.82) is 0 Å². The van der Waals surface area contributed by atoms with E-state index in [0.717, 1.165) is 50.3 Å². The SMILES string of the molecule is CCNC(=NCC(C(CC)CC)N1CCCC1)NCCn1cnnc1CC. The lowest BCUT2D eigenvalue weighted by atomic mass is 9.93. The van der Waals surface area contributed by atoms with Gasteiger partial charge in [0.1, 0.15) is 12.2 Å². The minimum Gasteiger partial charge on any atom is -0.357 e. The molecule has 7 heteroatoms. The molecule has 1 aliphatic heterocycles. The number of hydrogen-bond acceptors (Lipinski definition) is 4. The highest BCUT2D eigenvalue weighted by Crippen LogP contribution is 2.23. The fraction of sp³-hybridized carbons (Fsp3) is 0.850. The third kappa shape index (κ3) is 6.48. The summed E-state index contributed by atoms with van der Waals surface area (Å²) in [5.41, 5.74) is 0. The second-order valence-corrected chi connectivity index (χ2v) is 7.33. The molecule has 1 saturated heterocycles. The summed E-state index contributed by atoms with van der Waals surface area (Å²) in [4.78, 5) is 7.61. The lowest BCUT2D eigenvalue weighted by Crippen LogP contribution is -2.43. The van der Waals surface area contributed by atoms with E-state index in [1.54, 1.807) is 6.33 Å². The van der Waals surface area contributed by atoms with E-state index in [-0.39, 0.29) is 0 Å². The predicted octanol–water partition coefficient (Wildman–Crippen LogP) is 2.30. The number of likely N-dealkylation sites (tertiary alicyclic amines) is 1. The first-order valence-electron chi connectivity index (χ1n) is 10.9. The average Bonchev–Trinajstić information content (AvgIpc) is 3.36. The molecule has 1 aromatic heterocycles. The maximum absolute atomic E-state index is 4.95. The molecule has 0 saturated carbocycles. The third-order valence-electron chi connectivity index (χ3n) is 5.64. The fourth-order valence-corrected chi connectivity index (χ4v) is 4.03. The van der Waals surface area contributed by atoms with Crippen LogP contribution < -0.4 is 10.6 Å². The lowest BCUT2D eigenvalue weighted by molar-refractivity contribution is 0.172. The van der Waals surface area contributed by atoms with Crippen molar-refractivity contribution in [2.24, 2.45) is 10.9 Å². The zero-order valence-electron chi connectivity index (χ0n) is 17.7. The molecule has 2 N–H and O–H groups in total. The van der Waals surface area contributed by atoms with Gasteiger partial charge in [-0.1, -0.05) is 33.6 Å². The van der Waals surface area contributed by atoms with E-state index >= 15 is 0 Å². The van der Waals surface area contributed by atoms with Crippen LogP contribution in [0.15, 0.2) is 11.3 Å². The smallest absolute Gasteiger partial charge is 0.191 e. The Morgan fingerprint density at radius 2 is 1.89 bits per heavy atom. The number of guanidine groups is 1. The van der Waals surface area contributed by atoms with Crippen LogP contribution >= 0.6 is 0 Å². The Balaban J connectivity index is 1.94. The van der Waals surface area contributed by atoms with Gasteiger partial charge in [0.25, 0.3) is 0 Å². The zero-order chi connectivity index (χ0) is 19.5. The van der Waals surface area contributed by atoms with Gasteiger partial charge in [-0.3, -0.25) is 9.89 Å². The van der Waals surface area contributed by atoms with E-state index in [2.05, 4.69) is 58.0 Å². The van der Waals surface area contributed by atoms with Gasteiger partial charge in [0, 0.05) is 32.1 Å². The average molecular weight is 378 g/mol. The number of aryl methyl sites for hydroxylation is 1. The molecule has 0 spiro atoms. The minimum absolute atomic E-state index is 0.558. The van der Waals surface area contributed by atoms with Crippen LogP contribution in [0.1, 0.15) is 59.2 Å². The van der Waals surface area contributed by atoms with Gasteiger partial charge in [-0.2, -0.15) is 0 Å². The van der Waals surface area contributed by atoms with Gasteiger partial charge in [0.15, 0.2) is 5.96 Å². The monoisotopic (exact) mass is 377 g/mol. The van der Waals surface area contributed by atoms with Gasteiger partial charge in [-0.15, -0.1) is 10.2 Å². The molecule has 1 fully saturated rings. The maximum atomic E-state index is 4.95. The van der Waals surface area contributed by atoms with Crippen molar-refractivity contribution in [3.63, 3.8) is 0 Å². The Hall–Kier alpha value is -1.63. The van der Waals surface area contributed by atoms with E-state index in [9.17, 15) is 0 Å². The second-order valence-electron chi connectivity index (χ2n) is 7.33. The Labute approximate surface area is 165 Å². The Kier molecular flexibility index (Phi) is 9.59. The van der Waals surface area contributed by atoms with Crippen molar-refractivity contribution < 1.29 is 0 Å². The predicted molar refractivity (Wildman–Crippen MR) is 112 cm³/mol. The van der Waals surface area contributed by atoms with Crippen LogP contribution in [0, 0.1) is 5.92 Å². The molecular formula is C20H39N7. The second kappa shape index (κ2) is 12.0. The highest BCUT2D eigenvalue weighted by Gasteiger charge is 2.27. The number of aromatic nitrogens is 3. The Morgan fingerprint density at radius 3 is 2.52 bits per heavy atom. The lowest BCUT2D eigenvalue weighted by Gasteiger charge is -2.32. The normalized spacial score (nSPS) is 16.9. The third-order valence-corrected chi connectivity index (χ3v) is 5.64. The summed E-state index contributed by atoms with van der Waals surface area (Å²) in [6, 6.07) is 0.558. The summed E-state index contributed by atoms with van der Waals surface area (Å²) in [6.45, 7) is 14.7. The van der Waals surface area contributed by atoms with E-state index in [1.807, 2.05) is 0 Å². The molecule has 0 aromatic carbocycles. The van der Waals surface area contributed by atoms with Crippen LogP contribution in [0.5, 0.6) is 0 Å². The van der Waals surface area contributed by atoms with Gasteiger partial charge >= 0.3 is 0 Å². The van der Waals surface area contributed by atoms with E-state index in [1.165, 1.54) is 38.8 Å². The van der Waals surface area contributed by atoms with Gasteiger partial charge in [-0.25, -0.2) is 0 Å². The number of nitrogens with one attached hydrogen (secondary N) is 2. The highest BCUT2D eigenvalue weighted by atomic mass is 15.3. The minimum atomic E-state index is 0.558. The van der Waals surface area contributed by atoms with Gasteiger partial charge in [-0.05, 0) is 38.8 Å². The first-order valence-corrected chi connectivity index (χ1v) is 10.9. The topological polar surface area (TPSA) is 70.4 Å². The molecule has 7 nitrogen and oxygen atoms in total.